The van der Waals surface area contributed by atoms with E-state index in [-0.39, 0.29) is 5.97 Å². The van der Waals surface area contributed by atoms with E-state index in [4.69, 9.17) is 4.74 Å². The van der Waals surface area contributed by atoms with E-state index in [2.05, 4.69) is 17.7 Å². The van der Waals surface area contributed by atoms with Gasteiger partial charge in [-0.1, -0.05) is 58.3 Å². The van der Waals surface area contributed by atoms with Crippen molar-refractivity contribution in [2.24, 2.45) is 0 Å². The molecule has 154 valence electrons. The predicted octanol–water partition coefficient (Wildman–Crippen LogP) is 6.19. The van der Waals surface area contributed by atoms with Gasteiger partial charge in [-0.05, 0) is 43.4 Å². The molecule has 0 aliphatic heterocycles. The highest BCUT2D eigenvalue weighted by molar-refractivity contribution is 5.68. The predicted molar refractivity (Wildman–Crippen MR) is 110 cm³/mol. The van der Waals surface area contributed by atoms with Gasteiger partial charge in [0.15, 0.2) is 0 Å². The van der Waals surface area contributed by atoms with Gasteiger partial charge >= 0.3 is 5.97 Å². The lowest BCUT2D eigenvalue weighted by atomic mass is 10.1. The highest BCUT2D eigenvalue weighted by Crippen LogP contribution is 2.23. The van der Waals surface area contributed by atoms with Gasteiger partial charge in [0.25, 0.3) is 0 Å². The summed E-state index contributed by atoms with van der Waals surface area (Å²) >= 11 is 0. The third-order valence-corrected chi connectivity index (χ3v) is 4.79. The Kier molecular flexibility index (Phi) is 13.3. The SMILES string of the molecule is CCCCCc1cc(O)cc(OCCCCCCCCCCC(=O)OC)c1. The molecule has 0 radical (unpaired) electrons. The second kappa shape index (κ2) is 15.4. The number of benzene rings is 1. The maximum atomic E-state index is 11.0. The zero-order valence-corrected chi connectivity index (χ0v) is 17.3. The van der Waals surface area contributed by atoms with Gasteiger partial charge in [-0.25, -0.2) is 0 Å². The number of methoxy groups -OCH3 is 1. The second-order valence-electron chi connectivity index (χ2n) is 7.30. The Bertz CT molecular complexity index is 513. The number of aryl methyl sites for hydroxylation is 1. The first kappa shape index (κ1) is 23.3. The highest BCUT2D eigenvalue weighted by atomic mass is 16.5. The fraction of sp³-hybridized carbons (Fsp3) is 0.696. The maximum Gasteiger partial charge on any atom is 0.305 e. The summed E-state index contributed by atoms with van der Waals surface area (Å²) in [5.74, 6) is 0.980. The van der Waals surface area contributed by atoms with Crippen molar-refractivity contribution < 1.29 is 19.4 Å². The number of hydrogen-bond donors (Lipinski definition) is 1. The average molecular weight is 379 g/mol. The van der Waals surface area contributed by atoms with E-state index in [1.54, 1.807) is 6.07 Å². The average Bonchev–Trinajstić information content (AvgIpc) is 2.65. The number of ether oxygens (including phenoxy) is 2. The number of aromatic hydroxyl groups is 1. The van der Waals surface area contributed by atoms with Crippen molar-refractivity contribution in [2.45, 2.75) is 90.4 Å². The van der Waals surface area contributed by atoms with E-state index in [1.165, 1.54) is 52.1 Å². The summed E-state index contributed by atoms with van der Waals surface area (Å²) in [6.45, 7) is 2.90. The van der Waals surface area contributed by atoms with Gasteiger partial charge < -0.3 is 14.6 Å². The Labute approximate surface area is 165 Å². The zero-order chi connectivity index (χ0) is 19.7. The molecule has 4 nitrogen and oxygen atoms in total. The van der Waals surface area contributed by atoms with Gasteiger partial charge in [-0.3, -0.25) is 4.79 Å². The zero-order valence-electron chi connectivity index (χ0n) is 17.3. The number of carbonyl (C=O) groups excluding carboxylic acids is 1. The summed E-state index contributed by atoms with van der Waals surface area (Å²) in [6, 6.07) is 5.61. The smallest absolute Gasteiger partial charge is 0.305 e. The number of rotatable bonds is 16. The van der Waals surface area contributed by atoms with Crippen LogP contribution >= 0.6 is 0 Å². The molecule has 0 saturated heterocycles. The molecule has 1 aromatic carbocycles. The van der Waals surface area contributed by atoms with Crippen LogP contribution in [0.3, 0.4) is 0 Å². The van der Waals surface area contributed by atoms with Crippen molar-refractivity contribution in [3.05, 3.63) is 23.8 Å². The Balaban J connectivity index is 2.04. The van der Waals surface area contributed by atoms with Crippen LogP contribution in [0.15, 0.2) is 18.2 Å². The lowest BCUT2D eigenvalue weighted by molar-refractivity contribution is -0.140. The molecule has 1 aromatic rings. The molecule has 0 aliphatic carbocycles. The van der Waals surface area contributed by atoms with Crippen LogP contribution in [0.4, 0.5) is 0 Å². The van der Waals surface area contributed by atoms with Crippen molar-refractivity contribution in [2.75, 3.05) is 13.7 Å². The minimum Gasteiger partial charge on any atom is -0.508 e. The van der Waals surface area contributed by atoms with Crippen molar-refractivity contribution in [1.29, 1.82) is 0 Å². The van der Waals surface area contributed by atoms with Crippen LogP contribution in [0.1, 0.15) is 89.5 Å². The quantitative estimate of drug-likeness (QED) is 0.275. The Morgan fingerprint density at radius 1 is 0.889 bits per heavy atom. The summed E-state index contributed by atoms with van der Waals surface area (Å²) in [5.41, 5.74) is 1.16. The van der Waals surface area contributed by atoms with Crippen LogP contribution < -0.4 is 4.74 Å². The van der Waals surface area contributed by atoms with Gasteiger partial charge in [0, 0.05) is 12.5 Å². The Hall–Kier alpha value is -1.71. The third-order valence-electron chi connectivity index (χ3n) is 4.79. The van der Waals surface area contributed by atoms with E-state index in [0.717, 1.165) is 43.4 Å². The second-order valence-corrected chi connectivity index (χ2v) is 7.30. The van der Waals surface area contributed by atoms with Gasteiger partial charge in [-0.15, -0.1) is 0 Å². The molecule has 0 heterocycles. The van der Waals surface area contributed by atoms with Crippen molar-refractivity contribution >= 4 is 5.97 Å². The molecule has 0 unspecified atom stereocenters. The van der Waals surface area contributed by atoms with E-state index < -0.39 is 0 Å². The molecule has 0 aliphatic rings. The van der Waals surface area contributed by atoms with Crippen LogP contribution in [0.5, 0.6) is 11.5 Å². The van der Waals surface area contributed by atoms with Crippen molar-refractivity contribution in [3.63, 3.8) is 0 Å². The summed E-state index contributed by atoms with van der Waals surface area (Å²) in [5, 5.41) is 9.85. The van der Waals surface area contributed by atoms with E-state index in [9.17, 15) is 9.90 Å². The molecule has 0 spiro atoms. The third kappa shape index (κ3) is 12.3. The molecule has 0 atom stereocenters. The first-order chi connectivity index (χ1) is 13.2. The summed E-state index contributed by atoms with van der Waals surface area (Å²) in [7, 11) is 1.44. The molecule has 0 bridgehead atoms. The normalized spacial score (nSPS) is 10.7. The van der Waals surface area contributed by atoms with E-state index in [0.29, 0.717) is 18.8 Å². The molecule has 1 rings (SSSR count). The minimum atomic E-state index is -0.102. The number of phenolic OH excluding ortho intramolecular Hbond substituents is 1. The monoisotopic (exact) mass is 378 g/mol. The number of unbranched alkanes of at least 4 members (excludes halogenated alkanes) is 9. The van der Waals surface area contributed by atoms with Crippen LogP contribution in [0, 0.1) is 0 Å². The summed E-state index contributed by atoms with van der Waals surface area (Å²) in [4.78, 5) is 11.0. The molecule has 0 saturated carbocycles. The first-order valence-corrected chi connectivity index (χ1v) is 10.7. The van der Waals surface area contributed by atoms with Crippen LogP contribution in [-0.4, -0.2) is 24.8 Å². The van der Waals surface area contributed by atoms with Crippen molar-refractivity contribution in [1.82, 2.24) is 0 Å². The molecule has 4 heteroatoms. The fourth-order valence-corrected chi connectivity index (χ4v) is 3.17. The number of hydrogen-bond acceptors (Lipinski definition) is 4. The first-order valence-electron chi connectivity index (χ1n) is 10.7. The molecular formula is C23H38O4. The molecule has 27 heavy (non-hydrogen) atoms. The molecular weight excluding hydrogens is 340 g/mol. The molecule has 0 aromatic heterocycles. The Morgan fingerprint density at radius 2 is 1.56 bits per heavy atom. The number of carbonyl (C=O) groups is 1. The van der Waals surface area contributed by atoms with E-state index >= 15 is 0 Å². The van der Waals surface area contributed by atoms with Crippen LogP contribution in [-0.2, 0) is 16.0 Å². The fourth-order valence-electron chi connectivity index (χ4n) is 3.17. The van der Waals surface area contributed by atoms with Crippen LogP contribution in [0.25, 0.3) is 0 Å². The maximum absolute atomic E-state index is 11.0. The summed E-state index contributed by atoms with van der Waals surface area (Å²) in [6.07, 6.45) is 14.3. The lowest BCUT2D eigenvalue weighted by Gasteiger charge is -2.09. The Morgan fingerprint density at radius 3 is 2.22 bits per heavy atom. The van der Waals surface area contributed by atoms with Gasteiger partial charge in [0.1, 0.15) is 11.5 Å². The standard InChI is InChI=1S/C23H38O4/c1-3-4-11-14-20-17-21(24)19-22(18-20)27-16-13-10-8-6-5-7-9-12-15-23(25)26-2/h17-19,24H,3-16H2,1-2H3. The minimum absolute atomic E-state index is 0.102. The topological polar surface area (TPSA) is 55.8 Å². The van der Waals surface area contributed by atoms with Crippen molar-refractivity contribution in [3.8, 4) is 11.5 Å². The van der Waals surface area contributed by atoms with Gasteiger partial charge in [0.05, 0.1) is 13.7 Å². The highest BCUT2D eigenvalue weighted by Gasteiger charge is 2.02. The number of phenols is 1. The lowest BCUT2D eigenvalue weighted by Crippen LogP contribution is -1.99. The van der Waals surface area contributed by atoms with Gasteiger partial charge in [0.2, 0.25) is 0 Å². The number of esters is 1. The molecule has 1 N–H and O–H groups in total. The van der Waals surface area contributed by atoms with Crippen LogP contribution in [0.2, 0.25) is 0 Å². The molecule has 0 amide bonds. The molecule has 0 fully saturated rings. The van der Waals surface area contributed by atoms with E-state index in [1.807, 2.05) is 6.07 Å². The largest absolute Gasteiger partial charge is 0.508 e. The summed E-state index contributed by atoms with van der Waals surface area (Å²) < 4.78 is 10.5. The van der Waals surface area contributed by atoms with Gasteiger partial charge in [-0.2, -0.15) is 0 Å².